The van der Waals surface area contributed by atoms with E-state index in [4.69, 9.17) is 15.2 Å². The number of anilines is 3. The molecule has 9 nitrogen and oxygen atoms in total. The maximum absolute atomic E-state index is 13.1. The highest BCUT2D eigenvalue weighted by atomic mass is 35.5. The van der Waals surface area contributed by atoms with E-state index >= 15 is 0 Å². The van der Waals surface area contributed by atoms with Crippen LogP contribution in [0.25, 0.3) is 0 Å². The van der Waals surface area contributed by atoms with Gasteiger partial charge in [0.2, 0.25) is 6.79 Å². The van der Waals surface area contributed by atoms with Crippen LogP contribution >= 0.6 is 12.4 Å². The maximum Gasteiger partial charge on any atom is 0.323 e. The van der Waals surface area contributed by atoms with E-state index in [9.17, 15) is 14.4 Å². The van der Waals surface area contributed by atoms with Crippen LogP contribution in [0.5, 0.6) is 0 Å². The van der Waals surface area contributed by atoms with Gasteiger partial charge in [-0.25, -0.2) is 4.79 Å². The number of urea groups is 1. The first kappa shape index (κ1) is 37.7. The molecule has 0 bridgehead atoms. The third-order valence-electron chi connectivity index (χ3n) is 6.74. The zero-order chi connectivity index (χ0) is 31.1. The van der Waals surface area contributed by atoms with Crippen molar-refractivity contribution in [2.75, 3.05) is 42.0 Å². The number of nitrogens with two attached hydrogens (primary N) is 1. The molecule has 240 valence electrons. The van der Waals surface area contributed by atoms with Crippen LogP contribution in [-0.2, 0) is 19.1 Å². The Morgan fingerprint density at radius 3 is 2.09 bits per heavy atom. The second kappa shape index (κ2) is 19.8. The Hall–Kier alpha value is -3.30. The third kappa shape index (κ3) is 14.1. The minimum atomic E-state index is -0.450. The van der Waals surface area contributed by atoms with Gasteiger partial charge >= 0.3 is 18.0 Å². The van der Waals surface area contributed by atoms with Crippen molar-refractivity contribution < 1.29 is 23.9 Å². The predicted octanol–water partition coefficient (Wildman–Crippen LogP) is 7.24. The van der Waals surface area contributed by atoms with Gasteiger partial charge in [-0.3, -0.25) is 9.59 Å². The number of amides is 2. The van der Waals surface area contributed by atoms with Crippen LogP contribution in [-0.4, -0.2) is 44.4 Å². The van der Waals surface area contributed by atoms with Crippen molar-refractivity contribution in [1.82, 2.24) is 0 Å². The Balaban J connectivity index is 0.00000924. The molecule has 10 heteroatoms. The Kier molecular flexibility index (Phi) is 17.4. The van der Waals surface area contributed by atoms with Gasteiger partial charge in [0.25, 0.3) is 0 Å². The lowest BCUT2D eigenvalue weighted by Crippen LogP contribution is -2.32. The van der Waals surface area contributed by atoms with E-state index in [1.54, 1.807) is 0 Å². The lowest BCUT2D eigenvalue weighted by Gasteiger charge is -2.31. The SMILES string of the molecule is CC[C@@H](CC(=O)OCOC(=O)CCCCN)c1ccc(N(CC(C)C)CC(C)C)c(NC(=O)Nc2ccc(C)cc2)c1.Cl. The van der Waals surface area contributed by atoms with E-state index in [-0.39, 0.29) is 37.2 Å². The van der Waals surface area contributed by atoms with Crippen molar-refractivity contribution in [1.29, 1.82) is 0 Å². The summed E-state index contributed by atoms with van der Waals surface area (Å²) in [6.45, 7) is 14.5. The molecule has 0 unspecified atom stereocenters. The number of ether oxygens (including phenoxy) is 2. The molecule has 1 atom stereocenters. The predicted molar refractivity (Wildman–Crippen MR) is 177 cm³/mol. The van der Waals surface area contributed by atoms with Crippen LogP contribution in [0, 0.1) is 18.8 Å². The van der Waals surface area contributed by atoms with E-state index in [1.165, 1.54) is 0 Å². The number of esters is 2. The minimum Gasteiger partial charge on any atom is -0.428 e. The molecule has 0 heterocycles. The van der Waals surface area contributed by atoms with Gasteiger partial charge in [-0.05, 0) is 80.3 Å². The maximum atomic E-state index is 13.1. The lowest BCUT2D eigenvalue weighted by atomic mass is 9.92. The van der Waals surface area contributed by atoms with Crippen molar-refractivity contribution in [3.63, 3.8) is 0 Å². The van der Waals surface area contributed by atoms with Gasteiger partial charge in [-0.1, -0.05) is 58.4 Å². The van der Waals surface area contributed by atoms with Gasteiger partial charge in [0.1, 0.15) is 0 Å². The van der Waals surface area contributed by atoms with Crippen LogP contribution in [0.4, 0.5) is 21.9 Å². The monoisotopic (exact) mass is 618 g/mol. The molecule has 2 aromatic rings. The average Bonchev–Trinajstić information content (AvgIpc) is 2.92. The summed E-state index contributed by atoms with van der Waals surface area (Å²) in [5, 5.41) is 5.99. The van der Waals surface area contributed by atoms with E-state index in [0.29, 0.717) is 42.6 Å². The summed E-state index contributed by atoms with van der Waals surface area (Å²) in [4.78, 5) is 39.8. The zero-order valence-corrected chi connectivity index (χ0v) is 27.4. The Morgan fingerprint density at radius 2 is 1.51 bits per heavy atom. The number of halogens is 1. The molecule has 2 amide bonds. The Labute approximate surface area is 263 Å². The van der Waals surface area contributed by atoms with Crippen LogP contribution in [0.3, 0.4) is 0 Å². The van der Waals surface area contributed by atoms with Gasteiger partial charge in [0.15, 0.2) is 0 Å². The Morgan fingerprint density at radius 1 is 0.884 bits per heavy atom. The van der Waals surface area contributed by atoms with Crippen LogP contribution < -0.4 is 21.3 Å². The summed E-state index contributed by atoms with van der Waals surface area (Å²) in [7, 11) is 0. The number of hydrogen-bond donors (Lipinski definition) is 3. The van der Waals surface area contributed by atoms with Crippen LogP contribution in [0.2, 0.25) is 0 Å². The molecule has 0 aliphatic carbocycles. The van der Waals surface area contributed by atoms with E-state index in [2.05, 4.69) is 43.2 Å². The second-order valence-corrected chi connectivity index (χ2v) is 11.6. The fourth-order valence-electron chi connectivity index (χ4n) is 4.66. The molecule has 0 fully saturated rings. The number of hydrogen-bond acceptors (Lipinski definition) is 7. The van der Waals surface area contributed by atoms with Gasteiger partial charge in [0, 0.05) is 25.2 Å². The summed E-state index contributed by atoms with van der Waals surface area (Å²) < 4.78 is 10.2. The average molecular weight is 619 g/mol. The topological polar surface area (TPSA) is 123 Å². The summed E-state index contributed by atoms with van der Waals surface area (Å²) >= 11 is 0. The standard InChI is InChI=1S/C33H50N4O5.ClH/c1-7-26(19-32(39)42-22-41-31(38)10-8-9-17-34)27-13-16-30(37(20-23(2)3)21-24(4)5)29(18-27)36-33(40)35-28-14-11-25(6)12-15-28;/h11-16,18,23-24,26H,7-10,17,19-22,34H2,1-6H3,(H2,35,36,40);1H/t26-;/m0./s1. The normalized spacial score (nSPS) is 11.5. The summed E-state index contributed by atoms with van der Waals surface area (Å²) in [6, 6.07) is 13.3. The quantitative estimate of drug-likeness (QED) is 0.0970. The van der Waals surface area contributed by atoms with Crippen molar-refractivity contribution in [2.24, 2.45) is 17.6 Å². The number of unbranched alkanes of at least 4 members (excludes halogenated alkanes) is 1. The largest absolute Gasteiger partial charge is 0.428 e. The first-order valence-electron chi connectivity index (χ1n) is 15.1. The van der Waals surface area contributed by atoms with Crippen molar-refractivity contribution >= 4 is 47.4 Å². The fourth-order valence-corrected chi connectivity index (χ4v) is 4.66. The zero-order valence-electron chi connectivity index (χ0n) is 26.6. The second-order valence-electron chi connectivity index (χ2n) is 11.6. The number of rotatable bonds is 17. The molecule has 2 rings (SSSR count). The van der Waals surface area contributed by atoms with Crippen molar-refractivity contribution in [3.8, 4) is 0 Å². The number of carbonyl (C=O) groups excluding carboxylic acids is 3. The number of aryl methyl sites for hydroxylation is 1. The highest BCUT2D eigenvalue weighted by Gasteiger charge is 2.21. The molecule has 43 heavy (non-hydrogen) atoms. The number of nitrogens with zero attached hydrogens (tertiary/aromatic N) is 1. The molecule has 0 saturated carbocycles. The molecule has 0 saturated heterocycles. The molecular formula is C33H51ClN4O5. The highest BCUT2D eigenvalue weighted by Crippen LogP contribution is 2.34. The number of nitrogens with one attached hydrogen (secondary N) is 2. The summed E-state index contributed by atoms with van der Waals surface area (Å²) in [6.07, 6.45) is 2.43. The van der Waals surface area contributed by atoms with Crippen LogP contribution in [0.15, 0.2) is 42.5 Å². The van der Waals surface area contributed by atoms with E-state index < -0.39 is 18.7 Å². The van der Waals surface area contributed by atoms with Gasteiger partial charge in [0.05, 0.1) is 17.8 Å². The van der Waals surface area contributed by atoms with E-state index in [1.807, 2.05) is 56.3 Å². The van der Waals surface area contributed by atoms with Gasteiger partial charge < -0.3 is 30.7 Å². The molecule has 4 N–H and O–H groups in total. The molecule has 0 aromatic heterocycles. The van der Waals surface area contributed by atoms with Gasteiger partial charge in [-0.2, -0.15) is 0 Å². The molecule has 0 aliphatic rings. The Bertz CT molecular complexity index is 1130. The smallest absolute Gasteiger partial charge is 0.323 e. The van der Waals surface area contributed by atoms with Gasteiger partial charge in [-0.15, -0.1) is 12.4 Å². The molecular weight excluding hydrogens is 568 g/mol. The molecule has 0 spiro atoms. The molecule has 0 aliphatic heterocycles. The van der Waals surface area contributed by atoms with E-state index in [0.717, 1.165) is 36.3 Å². The summed E-state index contributed by atoms with van der Waals surface area (Å²) in [5.41, 5.74) is 9.77. The minimum absolute atomic E-state index is 0. The van der Waals surface area contributed by atoms with Crippen LogP contribution in [0.1, 0.15) is 83.8 Å². The molecule has 0 radical (unpaired) electrons. The fraction of sp³-hybridized carbons (Fsp3) is 0.545. The van der Waals surface area contributed by atoms with Crippen molar-refractivity contribution in [2.45, 2.75) is 79.6 Å². The van der Waals surface area contributed by atoms with Crippen molar-refractivity contribution in [3.05, 3.63) is 53.6 Å². The molecule has 2 aromatic carbocycles. The first-order valence-corrected chi connectivity index (χ1v) is 15.1. The first-order chi connectivity index (χ1) is 20.0. The third-order valence-corrected chi connectivity index (χ3v) is 6.74. The number of benzene rings is 2. The highest BCUT2D eigenvalue weighted by molar-refractivity contribution is 6.02. The lowest BCUT2D eigenvalue weighted by molar-refractivity contribution is -0.167. The summed E-state index contributed by atoms with van der Waals surface area (Å²) in [5.74, 6) is -0.160. The number of carbonyl (C=O) groups is 3.